The van der Waals surface area contributed by atoms with Gasteiger partial charge in [-0.3, -0.25) is 4.79 Å². The number of alkyl halides is 3. The summed E-state index contributed by atoms with van der Waals surface area (Å²) in [7, 11) is 0. The Hall–Kier alpha value is -4.09. The molecule has 0 bridgehead atoms. The van der Waals surface area contributed by atoms with Crippen molar-refractivity contribution in [3.8, 4) is 11.4 Å². The van der Waals surface area contributed by atoms with Crippen molar-refractivity contribution in [3.63, 3.8) is 0 Å². The minimum absolute atomic E-state index is 0.0376. The van der Waals surface area contributed by atoms with Gasteiger partial charge in [0.25, 0.3) is 5.91 Å². The van der Waals surface area contributed by atoms with Crippen molar-refractivity contribution in [2.24, 2.45) is 0 Å². The fourth-order valence-corrected chi connectivity index (χ4v) is 2.87. The Labute approximate surface area is 170 Å². The number of nitrogens with zero attached hydrogens (tertiary/aromatic N) is 5. The van der Waals surface area contributed by atoms with Gasteiger partial charge in [-0.1, -0.05) is 0 Å². The maximum absolute atomic E-state index is 14.3. The van der Waals surface area contributed by atoms with Gasteiger partial charge >= 0.3 is 6.18 Å². The van der Waals surface area contributed by atoms with Crippen molar-refractivity contribution < 1.29 is 26.7 Å². The molecule has 0 aliphatic carbocycles. The van der Waals surface area contributed by atoms with E-state index in [9.17, 15) is 26.7 Å². The van der Waals surface area contributed by atoms with Crippen molar-refractivity contribution in [3.05, 3.63) is 84.2 Å². The Kier molecular flexibility index (Phi) is 4.97. The molecule has 0 saturated carbocycles. The summed E-state index contributed by atoms with van der Waals surface area (Å²) in [6.07, 6.45) is -1.75. The molecule has 0 aliphatic rings. The van der Waals surface area contributed by atoms with E-state index in [0.29, 0.717) is 4.68 Å². The molecule has 1 amide bonds. The maximum atomic E-state index is 14.3. The summed E-state index contributed by atoms with van der Waals surface area (Å²) in [6.45, 7) is 0. The van der Waals surface area contributed by atoms with Crippen LogP contribution in [-0.2, 0) is 6.18 Å². The average molecular weight is 434 g/mol. The number of hydrogen-bond acceptors (Lipinski definition) is 4. The quantitative estimate of drug-likeness (QED) is 0.493. The predicted octanol–water partition coefficient (Wildman–Crippen LogP) is 4.00. The Bertz CT molecular complexity index is 1230. The van der Waals surface area contributed by atoms with Crippen LogP contribution in [-0.4, -0.2) is 30.5 Å². The number of carbonyl (C=O) groups is 1. The van der Waals surface area contributed by atoms with Gasteiger partial charge in [0.1, 0.15) is 24.2 Å². The molecule has 31 heavy (non-hydrogen) atoms. The maximum Gasteiger partial charge on any atom is 0.434 e. The van der Waals surface area contributed by atoms with E-state index in [0.717, 1.165) is 41.2 Å². The monoisotopic (exact) mass is 434 g/mol. The first-order valence-electron chi connectivity index (χ1n) is 8.61. The highest BCUT2D eigenvalue weighted by Crippen LogP contribution is 2.34. The van der Waals surface area contributed by atoms with E-state index in [-0.39, 0.29) is 17.1 Å². The fraction of sp³-hybridized carbons (Fsp3) is 0.0526. The van der Waals surface area contributed by atoms with Crippen molar-refractivity contribution in [2.75, 3.05) is 5.32 Å². The van der Waals surface area contributed by atoms with Gasteiger partial charge in [-0.25, -0.2) is 23.1 Å². The standard InChI is InChI=1S/C19H11F5N6O/c20-11-1-4-13(5-2-11)30-17(19(22,23)24)14(8-26-30)18(31)28-12-3-6-16(15(21)7-12)29-10-25-9-27-29/h1-10H,(H,28,31). The second kappa shape index (κ2) is 7.63. The van der Waals surface area contributed by atoms with E-state index in [1.54, 1.807) is 0 Å². The van der Waals surface area contributed by atoms with Crippen molar-refractivity contribution >= 4 is 11.6 Å². The molecule has 0 saturated heterocycles. The number of hydrogen-bond donors (Lipinski definition) is 1. The fourth-order valence-electron chi connectivity index (χ4n) is 2.87. The smallest absolute Gasteiger partial charge is 0.322 e. The van der Waals surface area contributed by atoms with Gasteiger partial charge in [0.2, 0.25) is 0 Å². The van der Waals surface area contributed by atoms with Crippen LogP contribution in [0.25, 0.3) is 11.4 Å². The topological polar surface area (TPSA) is 77.6 Å². The number of anilines is 1. The van der Waals surface area contributed by atoms with Gasteiger partial charge < -0.3 is 5.32 Å². The number of rotatable bonds is 4. The first-order chi connectivity index (χ1) is 14.7. The number of benzene rings is 2. The number of nitrogens with one attached hydrogen (secondary N) is 1. The lowest BCUT2D eigenvalue weighted by molar-refractivity contribution is -0.143. The molecule has 12 heteroatoms. The van der Waals surface area contributed by atoms with Crippen LogP contribution >= 0.6 is 0 Å². The number of carbonyl (C=O) groups excluding carboxylic acids is 1. The molecular weight excluding hydrogens is 423 g/mol. The molecule has 0 aliphatic heterocycles. The van der Waals surface area contributed by atoms with E-state index >= 15 is 0 Å². The molecule has 2 aromatic carbocycles. The van der Waals surface area contributed by atoms with Crippen LogP contribution in [0.15, 0.2) is 61.3 Å². The second-order valence-electron chi connectivity index (χ2n) is 6.25. The molecule has 2 aromatic heterocycles. The van der Waals surface area contributed by atoms with Gasteiger partial charge in [-0.2, -0.15) is 23.4 Å². The van der Waals surface area contributed by atoms with E-state index in [2.05, 4.69) is 20.5 Å². The minimum Gasteiger partial charge on any atom is -0.322 e. The first kappa shape index (κ1) is 20.2. The lowest BCUT2D eigenvalue weighted by atomic mass is 10.2. The van der Waals surface area contributed by atoms with Gasteiger partial charge in [0.15, 0.2) is 11.5 Å². The highest BCUT2D eigenvalue weighted by atomic mass is 19.4. The molecule has 1 N–H and O–H groups in total. The van der Waals surface area contributed by atoms with Crippen molar-refractivity contribution in [2.45, 2.75) is 6.18 Å². The molecule has 4 rings (SSSR count). The van der Waals surface area contributed by atoms with Crippen LogP contribution in [0, 0.1) is 11.6 Å². The van der Waals surface area contributed by atoms with Crippen molar-refractivity contribution in [1.29, 1.82) is 0 Å². The van der Waals surface area contributed by atoms with Crippen LogP contribution in [0.3, 0.4) is 0 Å². The summed E-state index contributed by atoms with van der Waals surface area (Å²) in [5.41, 5.74) is -2.26. The lowest BCUT2D eigenvalue weighted by Gasteiger charge is -2.13. The summed E-state index contributed by atoms with van der Waals surface area (Å²) in [4.78, 5) is 16.2. The summed E-state index contributed by atoms with van der Waals surface area (Å²) < 4.78 is 70.1. The van der Waals surface area contributed by atoms with Gasteiger partial charge in [0, 0.05) is 5.69 Å². The predicted molar refractivity (Wildman–Crippen MR) is 97.8 cm³/mol. The third-order valence-electron chi connectivity index (χ3n) is 4.22. The van der Waals surface area contributed by atoms with Crippen LogP contribution in [0.2, 0.25) is 0 Å². The van der Waals surface area contributed by atoms with Gasteiger partial charge in [-0.05, 0) is 42.5 Å². The zero-order valence-corrected chi connectivity index (χ0v) is 15.3. The Morgan fingerprint density at radius 2 is 1.74 bits per heavy atom. The third-order valence-corrected chi connectivity index (χ3v) is 4.22. The summed E-state index contributed by atoms with van der Waals surface area (Å²) in [5.74, 6) is -2.56. The molecule has 0 atom stereocenters. The first-order valence-corrected chi connectivity index (χ1v) is 8.61. The molecular formula is C19H11F5N6O. The molecule has 0 fully saturated rings. The molecule has 158 valence electrons. The lowest BCUT2D eigenvalue weighted by Crippen LogP contribution is -2.20. The number of halogens is 5. The van der Waals surface area contributed by atoms with Crippen LogP contribution in [0.1, 0.15) is 16.1 Å². The molecule has 0 spiro atoms. The highest BCUT2D eigenvalue weighted by Gasteiger charge is 2.40. The molecule has 4 aromatic rings. The molecule has 0 unspecified atom stereocenters. The normalized spacial score (nSPS) is 11.5. The number of aromatic nitrogens is 5. The minimum atomic E-state index is -4.94. The van der Waals surface area contributed by atoms with Gasteiger partial charge in [-0.15, -0.1) is 0 Å². The van der Waals surface area contributed by atoms with Crippen LogP contribution < -0.4 is 5.32 Å². The van der Waals surface area contributed by atoms with E-state index < -0.39 is 35.0 Å². The van der Waals surface area contributed by atoms with E-state index in [4.69, 9.17) is 0 Å². The average Bonchev–Trinajstić information content (AvgIpc) is 3.38. The summed E-state index contributed by atoms with van der Waals surface area (Å²) in [5, 5.41) is 9.63. The largest absolute Gasteiger partial charge is 0.434 e. The zero-order valence-electron chi connectivity index (χ0n) is 15.3. The van der Waals surface area contributed by atoms with Gasteiger partial charge in [0.05, 0.1) is 17.4 Å². The third kappa shape index (κ3) is 3.99. The zero-order chi connectivity index (χ0) is 22.2. The Morgan fingerprint density at radius 1 is 1.00 bits per heavy atom. The number of amides is 1. The molecule has 7 nitrogen and oxygen atoms in total. The SMILES string of the molecule is O=C(Nc1ccc(-n2cncn2)c(F)c1)c1cnn(-c2ccc(F)cc2)c1C(F)(F)F. The van der Waals surface area contributed by atoms with E-state index in [1.165, 1.54) is 24.8 Å². The Morgan fingerprint density at radius 3 is 2.35 bits per heavy atom. The summed E-state index contributed by atoms with van der Waals surface area (Å²) >= 11 is 0. The van der Waals surface area contributed by atoms with E-state index in [1.807, 2.05) is 0 Å². The summed E-state index contributed by atoms with van der Waals surface area (Å²) in [6, 6.07) is 7.65. The second-order valence-corrected chi connectivity index (χ2v) is 6.25. The van der Waals surface area contributed by atoms with Crippen LogP contribution in [0.5, 0.6) is 0 Å². The van der Waals surface area contributed by atoms with Crippen molar-refractivity contribution in [1.82, 2.24) is 24.5 Å². The highest BCUT2D eigenvalue weighted by molar-refractivity contribution is 6.05. The van der Waals surface area contributed by atoms with Crippen LogP contribution in [0.4, 0.5) is 27.6 Å². The molecule has 2 heterocycles. The molecule has 0 radical (unpaired) electrons. The Balaban J connectivity index is 1.66.